The first-order valence-electron chi connectivity index (χ1n) is 6.86. The quantitative estimate of drug-likeness (QED) is 0.835. The Balaban J connectivity index is 2.03. The lowest BCUT2D eigenvalue weighted by atomic mass is 10.2. The average molecular weight is 369 g/mol. The predicted molar refractivity (Wildman–Crippen MR) is 94.0 cm³/mol. The van der Waals surface area contributed by atoms with Gasteiger partial charge in [-0.2, -0.15) is 4.37 Å². The van der Waals surface area contributed by atoms with Gasteiger partial charge in [-0.15, -0.1) is 6.42 Å². The molecule has 0 saturated carbocycles. The minimum absolute atomic E-state index is 0.0681. The molecule has 1 aromatic carbocycles. The molecule has 0 spiro atoms. The molecule has 1 N–H and O–H groups in total. The normalized spacial score (nSPS) is 16.2. The standard InChI is InChI=1S/C15H14ClFN4S2/c1-4-5-18-11-7-12(10(17)6-9(11)16)19-13-21-8-15(2,3)22-14(21)20-23-13/h1,6-7,18H,5,8H2,2-3H3. The summed E-state index contributed by atoms with van der Waals surface area (Å²) in [6.07, 6.45) is 5.23. The van der Waals surface area contributed by atoms with E-state index in [1.165, 1.54) is 17.6 Å². The van der Waals surface area contributed by atoms with Gasteiger partial charge in [-0.3, -0.25) is 4.57 Å². The SMILES string of the molecule is C#CCNc1cc(N=c2snc3n2CC(C)(C)S3)c(F)cc1Cl. The predicted octanol–water partition coefficient (Wildman–Crippen LogP) is 3.90. The molecule has 2 heterocycles. The molecule has 0 bridgehead atoms. The number of halogens is 2. The Morgan fingerprint density at radius 2 is 2.35 bits per heavy atom. The smallest absolute Gasteiger partial charge is 0.210 e. The zero-order valence-corrected chi connectivity index (χ0v) is 14.9. The van der Waals surface area contributed by atoms with Gasteiger partial charge < -0.3 is 5.32 Å². The summed E-state index contributed by atoms with van der Waals surface area (Å²) in [6.45, 7) is 5.39. The molecule has 0 unspecified atom stereocenters. The van der Waals surface area contributed by atoms with Crippen molar-refractivity contribution in [3.63, 3.8) is 0 Å². The average Bonchev–Trinajstić information content (AvgIpc) is 2.96. The fraction of sp³-hybridized carbons (Fsp3) is 0.333. The maximum atomic E-state index is 14.2. The van der Waals surface area contributed by atoms with Crippen LogP contribution in [0.5, 0.6) is 0 Å². The van der Waals surface area contributed by atoms with E-state index >= 15 is 0 Å². The molecule has 0 radical (unpaired) electrons. The highest BCUT2D eigenvalue weighted by Crippen LogP contribution is 2.38. The first-order chi connectivity index (χ1) is 10.9. The number of terminal acetylenes is 1. The number of aromatic nitrogens is 2. The van der Waals surface area contributed by atoms with Crippen LogP contribution in [0.15, 0.2) is 22.3 Å². The minimum atomic E-state index is -0.478. The van der Waals surface area contributed by atoms with Crippen LogP contribution in [-0.4, -0.2) is 20.2 Å². The van der Waals surface area contributed by atoms with Crippen LogP contribution >= 0.6 is 34.9 Å². The third-order valence-electron chi connectivity index (χ3n) is 3.21. The highest BCUT2D eigenvalue weighted by Gasteiger charge is 2.31. The lowest BCUT2D eigenvalue weighted by Gasteiger charge is -2.13. The second-order valence-electron chi connectivity index (χ2n) is 5.65. The summed E-state index contributed by atoms with van der Waals surface area (Å²) >= 11 is 8.98. The molecule has 0 amide bonds. The van der Waals surface area contributed by atoms with Crippen molar-refractivity contribution in [1.29, 1.82) is 0 Å². The number of anilines is 1. The molecule has 0 aliphatic carbocycles. The first-order valence-corrected chi connectivity index (χ1v) is 8.83. The van der Waals surface area contributed by atoms with Gasteiger partial charge in [0.15, 0.2) is 11.0 Å². The van der Waals surface area contributed by atoms with Crippen LogP contribution in [-0.2, 0) is 6.54 Å². The van der Waals surface area contributed by atoms with Crippen LogP contribution in [0.25, 0.3) is 0 Å². The van der Waals surface area contributed by atoms with Crippen molar-refractivity contribution in [2.45, 2.75) is 30.3 Å². The van der Waals surface area contributed by atoms with Crippen molar-refractivity contribution < 1.29 is 4.39 Å². The van der Waals surface area contributed by atoms with E-state index in [9.17, 15) is 4.39 Å². The Kier molecular flexibility index (Phi) is 4.41. The van der Waals surface area contributed by atoms with Gasteiger partial charge in [0.1, 0.15) is 5.69 Å². The third-order valence-corrected chi connectivity index (χ3v) is 5.55. The molecule has 120 valence electrons. The summed E-state index contributed by atoms with van der Waals surface area (Å²) in [5, 5.41) is 4.15. The van der Waals surface area contributed by atoms with Gasteiger partial charge in [0, 0.05) is 22.8 Å². The summed E-state index contributed by atoms with van der Waals surface area (Å²) in [7, 11) is 0. The van der Waals surface area contributed by atoms with Crippen LogP contribution in [0.2, 0.25) is 5.02 Å². The number of nitrogens with zero attached hydrogens (tertiary/aromatic N) is 3. The number of benzene rings is 1. The Morgan fingerprint density at radius 1 is 1.57 bits per heavy atom. The molecule has 8 heteroatoms. The number of rotatable bonds is 3. The molecule has 0 atom stereocenters. The Labute approximate surface area is 147 Å². The van der Waals surface area contributed by atoms with Crippen LogP contribution in [0.4, 0.5) is 15.8 Å². The van der Waals surface area contributed by atoms with Crippen LogP contribution in [0, 0.1) is 18.2 Å². The fourth-order valence-electron chi connectivity index (χ4n) is 2.22. The Bertz CT molecular complexity index is 863. The molecule has 4 nitrogen and oxygen atoms in total. The van der Waals surface area contributed by atoms with E-state index in [1.807, 2.05) is 4.57 Å². The van der Waals surface area contributed by atoms with Crippen LogP contribution in [0.3, 0.4) is 0 Å². The molecular formula is C15H14ClFN4S2. The van der Waals surface area contributed by atoms with Crippen molar-refractivity contribution in [3.8, 4) is 12.3 Å². The van der Waals surface area contributed by atoms with Gasteiger partial charge >= 0.3 is 0 Å². The molecule has 0 fully saturated rings. The highest BCUT2D eigenvalue weighted by molar-refractivity contribution is 8.00. The summed E-state index contributed by atoms with van der Waals surface area (Å²) in [5.74, 6) is 1.98. The van der Waals surface area contributed by atoms with E-state index in [0.717, 1.165) is 11.7 Å². The maximum Gasteiger partial charge on any atom is 0.210 e. The number of thioether (sulfide) groups is 1. The van der Waals surface area contributed by atoms with Crippen molar-refractivity contribution in [2.24, 2.45) is 4.99 Å². The molecule has 3 rings (SSSR count). The summed E-state index contributed by atoms with van der Waals surface area (Å²) in [6, 6.07) is 2.80. The van der Waals surface area contributed by atoms with Crippen LogP contribution < -0.4 is 10.1 Å². The molecular weight excluding hydrogens is 355 g/mol. The summed E-state index contributed by atoms with van der Waals surface area (Å²) in [4.78, 5) is 5.10. The molecule has 1 aromatic heterocycles. The van der Waals surface area contributed by atoms with Crippen molar-refractivity contribution in [2.75, 3.05) is 11.9 Å². The molecule has 0 saturated heterocycles. The Hall–Kier alpha value is -1.49. The van der Waals surface area contributed by atoms with E-state index in [0.29, 0.717) is 17.0 Å². The van der Waals surface area contributed by atoms with Gasteiger partial charge in [-0.25, -0.2) is 9.38 Å². The van der Waals surface area contributed by atoms with E-state index in [2.05, 4.69) is 34.5 Å². The lowest BCUT2D eigenvalue weighted by molar-refractivity contribution is 0.554. The van der Waals surface area contributed by atoms with Gasteiger partial charge in [0.05, 0.1) is 17.3 Å². The number of hydrogen-bond donors (Lipinski definition) is 1. The fourth-order valence-corrected chi connectivity index (χ4v) is 4.35. The van der Waals surface area contributed by atoms with Gasteiger partial charge in [0.25, 0.3) is 0 Å². The number of hydrogen-bond acceptors (Lipinski definition) is 5. The van der Waals surface area contributed by atoms with Gasteiger partial charge in [-0.05, 0) is 26.0 Å². The molecule has 2 aromatic rings. The molecule has 1 aliphatic rings. The van der Waals surface area contributed by atoms with E-state index in [-0.39, 0.29) is 15.5 Å². The topological polar surface area (TPSA) is 42.2 Å². The second-order valence-corrected chi connectivity index (χ2v) is 8.46. The first kappa shape index (κ1) is 16.4. The number of nitrogens with one attached hydrogen (secondary N) is 1. The zero-order chi connectivity index (χ0) is 16.6. The molecule has 1 aliphatic heterocycles. The summed E-state index contributed by atoms with van der Waals surface area (Å²) in [5.41, 5.74) is 0.771. The third kappa shape index (κ3) is 3.39. The van der Waals surface area contributed by atoms with E-state index in [4.69, 9.17) is 18.0 Å². The van der Waals surface area contributed by atoms with E-state index in [1.54, 1.807) is 17.8 Å². The van der Waals surface area contributed by atoms with E-state index < -0.39 is 5.82 Å². The van der Waals surface area contributed by atoms with Gasteiger partial charge in [-0.1, -0.05) is 29.3 Å². The Morgan fingerprint density at radius 3 is 3.09 bits per heavy atom. The van der Waals surface area contributed by atoms with Crippen LogP contribution in [0.1, 0.15) is 13.8 Å². The molecule has 23 heavy (non-hydrogen) atoms. The monoisotopic (exact) mass is 368 g/mol. The summed E-state index contributed by atoms with van der Waals surface area (Å²) < 4.78 is 20.6. The largest absolute Gasteiger partial charge is 0.373 e. The van der Waals surface area contributed by atoms with Crippen molar-refractivity contribution >= 4 is 46.3 Å². The number of fused-ring (bicyclic) bond motifs is 1. The minimum Gasteiger partial charge on any atom is -0.373 e. The van der Waals surface area contributed by atoms with Crippen molar-refractivity contribution in [1.82, 2.24) is 8.94 Å². The highest BCUT2D eigenvalue weighted by atomic mass is 35.5. The van der Waals surface area contributed by atoms with Crippen molar-refractivity contribution in [3.05, 3.63) is 27.8 Å². The maximum absolute atomic E-state index is 14.2. The van der Waals surface area contributed by atoms with Gasteiger partial charge in [0.2, 0.25) is 4.80 Å². The second kappa shape index (κ2) is 6.19. The lowest BCUT2D eigenvalue weighted by Crippen LogP contribution is -2.21. The zero-order valence-electron chi connectivity index (χ0n) is 12.6.